The minimum Gasteiger partial charge on any atom is -0.352 e. The lowest BCUT2D eigenvalue weighted by Crippen LogP contribution is -2.24. The summed E-state index contributed by atoms with van der Waals surface area (Å²) in [5, 5.41) is 7.10. The van der Waals surface area contributed by atoms with Crippen LogP contribution in [0.1, 0.15) is 30.1 Å². The van der Waals surface area contributed by atoms with E-state index in [0.29, 0.717) is 28.0 Å². The van der Waals surface area contributed by atoms with Gasteiger partial charge in [-0.15, -0.1) is 0 Å². The number of fused-ring (bicyclic) bond motifs is 1. The van der Waals surface area contributed by atoms with Gasteiger partial charge in [0.2, 0.25) is 0 Å². The maximum Gasteiger partial charge on any atom is 0.251 e. The maximum atomic E-state index is 12.2. The molecule has 0 spiro atoms. The lowest BCUT2D eigenvalue weighted by molar-refractivity contribution is 0.0953. The van der Waals surface area contributed by atoms with Crippen LogP contribution in [0.3, 0.4) is 0 Å². The first-order valence-electron chi connectivity index (χ1n) is 8.17. The van der Waals surface area contributed by atoms with Crippen LogP contribution in [-0.4, -0.2) is 48.8 Å². The van der Waals surface area contributed by atoms with Gasteiger partial charge in [-0.1, -0.05) is 36.7 Å². The summed E-state index contributed by atoms with van der Waals surface area (Å²) in [5.41, 5.74) is 1.12. The molecule has 136 valence electrons. The second kappa shape index (κ2) is 7.55. The summed E-state index contributed by atoms with van der Waals surface area (Å²) in [6.45, 7) is 2.71. The Morgan fingerprint density at radius 1 is 1.40 bits per heavy atom. The van der Waals surface area contributed by atoms with Gasteiger partial charge in [-0.3, -0.25) is 9.79 Å². The fourth-order valence-electron chi connectivity index (χ4n) is 2.77. The summed E-state index contributed by atoms with van der Waals surface area (Å²) in [4.78, 5) is 16.6. The molecule has 6 nitrogen and oxygen atoms in total. The molecule has 2 heterocycles. The van der Waals surface area contributed by atoms with Gasteiger partial charge in [0, 0.05) is 17.4 Å². The zero-order valence-corrected chi connectivity index (χ0v) is 16.2. The first-order valence-corrected chi connectivity index (χ1v) is 11.3. The second-order valence-electron chi connectivity index (χ2n) is 6.16. The third-order valence-corrected chi connectivity index (χ3v) is 7.58. The van der Waals surface area contributed by atoms with Crippen molar-refractivity contribution in [2.45, 2.75) is 31.1 Å². The van der Waals surface area contributed by atoms with Gasteiger partial charge in [-0.05, 0) is 24.6 Å². The van der Waals surface area contributed by atoms with Crippen LogP contribution in [0.4, 0.5) is 5.69 Å². The second-order valence-corrected chi connectivity index (χ2v) is 9.95. The highest BCUT2D eigenvalue weighted by molar-refractivity contribution is 8.15. The Kier molecular flexibility index (Phi) is 5.60. The molecule has 2 N–H and O–H groups in total. The first kappa shape index (κ1) is 18.5. The Hall–Kier alpha value is -1.25. The highest BCUT2D eigenvalue weighted by Crippen LogP contribution is 2.35. The number of hydrogen-bond donors (Lipinski definition) is 2. The van der Waals surface area contributed by atoms with E-state index in [2.05, 4.69) is 22.5 Å². The standard InChI is InChI=1S/C16H20ClN3O3S2/c1-2-3-6-18-15(21)10-4-5-11(17)12(7-10)19-16-20-13-8-25(22,23)9-14(13)24-16/h4-5,7,13-14H,2-3,6,8-9H2,1H3,(H,18,21)(H,19,20)/t13-,14-/m1/s1. The summed E-state index contributed by atoms with van der Waals surface area (Å²) in [6, 6.07) is 4.85. The number of amides is 1. The predicted octanol–water partition coefficient (Wildman–Crippen LogP) is 2.55. The van der Waals surface area contributed by atoms with Crippen molar-refractivity contribution in [1.82, 2.24) is 5.32 Å². The number of nitrogens with zero attached hydrogens (tertiary/aromatic N) is 1. The van der Waals surface area contributed by atoms with Gasteiger partial charge in [-0.2, -0.15) is 0 Å². The summed E-state index contributed by atoms with van der Waals surface area (Å²) in [5.74, 6) is 0.116. The van der Waals surface area contributed by atoms with Gasteiger partial charge in [0.25, 0.3) is 5.91 Å². The molecular formula is C16H20ClN3O3S2. The highest BCUT2D eigenvalue weighted by atomic mass is 35.5. The Bertz CT molecular complexity index is 811. The minimum absolute atomic E-state index is 0.0354. The number of sulfone groups is 1. The summed E-state index contributed by atoms with van der Waals surface area (Å²) in [6.07, 6.45) is 1.95. The van der Waals surface area contributed by atoms with Gasteiger partial charge < -0.3 is 10.6 Å². The third kappa shape index (κ3) is 4.48. The van der Waals surface area contributed by atoms with Crippen molar-refractivity contribution in [3.05, 3.63) is 28.8 Å². The van der Waals surface area contributed by atoms with E-state index in [9.17, 15) is 13.2 Å². The molecule has 3 rings (SSSR count). The molecule has 0 aromatic heterocycles. The van der Waals surface area contributed by atoms with E-state index < -0.39 is 9.84 Å². The van der Waals surface area contributed by atoms with E-state index in [1.165, 1.54) is 11.8 Å². The number of amidine groups is 1. The summed E-state index contributed by atoms with van der Waals surface area (Å²) < 4.78 is 23.2. The maximum absolute atomic E-state index is 12.2. The van der Waals surface area contributed by atoms with Crippen molar-refractivity contribution < 1.29 is 13.2 Å². The van der Waals surface area contributed by atoms with Crippen molar-refractivity contribution >= 4 is 50.0 Å². The van der Waals surface area contributed by atoms with E-state index in [-0.39, 0.29) is 28.7 Å². The van der Waals surface area contributed by atoms with Crippen LogP contribution in [0, 0.1) is 0 Å². The molecule has 0 bridgehead atoms. The van der Waals surface area contributed by atoms with Gasteiger partial charge in [0.05, 0.1) is 28.3 Å². The van der Waals surface area contributed by atoms with Gasteiger partial charge in [0.1, 0.15) is 0 Å². The van der Waals surface area contributed by atoms with Crippen LogP contribution in [0.25, 0.3) is 0 Å². The van der Waals surface area contributed by atoms with Gasteiger partial charge in [0.15, 0.2) is 15.0 Å². The molecule has 9 heteroatoms. The number of thioether (sulfide) groups is 1. The number of carbonyl (C=O) groups excluding carboxylic acids is 1. The average molecular weight is 402 g/mol. The fraction of sp³-hybridized carbons (Fsp3) is 0.500. The number of anilines is 1. The Balaban J connectivity index is 1.69. The lowest BCUT2D eigenvalue weighted by Gasteiger charge is -2.11. The molecule has 2 aliphatic rings. The first-order chi connectivity index (χ1) is 11.9. The smallest absolute Gasteiger partial charge is 0.251 e. The molecule has 1 aromatic carbocycles. The van der Waals surface area contributed by atoms with Crippen molar-refractivity contribution in [3.8, 4) is 0 Å². The molecule has 1 aromatic rings. The van der Waals surface area contributed by atoms with Crippen LogP contribution >= 0.6 is 23.4 Å². The fourth-order valence-corrected chi connectivity index (χ4v) is 6.61. The molecular weight excluding hydrogens is 382 g/mol. The predicted molar refractivity (Wildman–Crippen MR) is 104 cm³/mol. The molecule has 2 atom stereocenters. The van der Waals surface area contributed by atoms with E-state index in [1.54, 1.807) is 18.2 Å². The number of unbranched alkanes of at least 4 members (excludes halogenated alkanes) is 1. The van der Waals surface area contributed by atoms with E-state index in [0.717, 1.165) is 12.8 Å². The average Bonchev–Trinajstić information content (AvgIpc) is 3.02. The molecule has 25 heavy (non-hydrogen) atoms. The number of carbonyl (C=O) groups is 1. The van der Waals surface area contributed by atoms with Crippen LogP contribution in [0.15, 0.2) is 23.2 Å². The van der Waals surface area contributed by atoms with Crippen molar-refractivity contribution in [3.63, 3.8) is 0 Å². The number of benzene rings is 1. The third-order valence-electron chi connectivity index (χ3n) is 4.10. The molecule has 1 amide bonds. The van der Waals surface area contributed by atoms with E-state index in [4.69, 9.17) is 11.6 Å². The lowest BCUT2D eigenvalue weighted by atomic mass is 10.2. The molecule has 1 fully saturated rings. The molecule has 0 aliphatic carbocycles. The van der Waals surface area contributed by atoms with Crippen molar-refractivity contribution in [2.75, 3.05) is 23.4 Å². The number of aliphatic imine (C=N–C) groups is 1. The monoisotopic (exact) mass is 401 g/mol. The normalized spacial score (nSPS) is 23.8. The SMILES string of the molecule is CCCCNC(=O)c1ccc(Cl)c(NC2=N[C@@H]3CS(=O)(=O)C[C@H]3S2)c1. The zero-order valence-electron chi connectivity index (χ0n) is 13.8. The van der Waals surface area contributed by atoms with Crippen LogP contribution in [0.2, 0.25) is 5.02 Å². The summed E-state index contributed by atoms with van der Waals surface area (Å²) in [7, 11) is -2.97. The molecule has 2 aliphatic heterocycles. The van der Waals surface area contributed by atoms with Crippen molar-refractivity contribution in [1.29, 1.82) is 0 Å². The Morgan fingerprint density at radius 2 is 2.20 bits per heavy atom. The minimum atomic E-state index is -2.97. The van der Waals surface area contributed by atoms with Crippen LogP contribution in [-0.2, 0) is 9.84 Å². The quantitative estimate of drug-likeness (QED) is 0.740. The number of rotatable bonds is 5. The highest BCUT2D eigenvalue weighted by Gasteiger charge is 2.42. The molecule has 0 radical (unpaired) electrons. The van der Waals surface area contributed by atoms with Gasteiger partial charge in [-0.25, -0.2) is 8.42 Å². The molecule has 0 unspecified atom stereocenters. The van der Waals surface area contributed by atoms with E-state index in [1.807, 2.05) is 0 Å². The number of hydrogen-bond acceptors (Lipinski definition) is 6. The summed E-state index contributed by atoms with van der Waals surface area (Å²) >= 11 is 7.64. The Morgan fingerprint density at radius 3 is 2.92 bits per heavy atom. The van der Waals surface area contributed by atoms with E-state index >= 15 is 0 Å². The van der Waals surface area contributed by atoms with Crippen LogP contribution in [0.5, 0.6) is 0 Å². The topological polar surface area (TPSA) is 87.6 Å². The van der Waals surface area contributed by atoms with Crippen LogP contribution < -0.4 is 10.6 Å². The molecule has 0 saturated carbocycles. The largest absolute Gasteiger partial charge is 0.352 e. The van der Waals surface area contributed by atoms with Gasteiger partial charge >= 0.3 is 0 Å². The molecule has 1 saturated heterocycles. The number of nitrogens with one attached hydrogen (secondary N) is 2. The number of halogens is 1. The Labute approximate surface area is 156 Å². The zero-order chi connectivity index (χ0) is 18.0. The van der Waals surface area contributed by atoms with Crippen molar-refractivity contribution in [2.24, 2.45) is 4.99 Å².